The smallest absolute Gasteiger partial charge is 0.113 e. The van der Waals surface area contributed by atoms with E-state index in [2.05, 4.69) is 12.1 Å². The molecule has 0 aromatic heterocycles. The van der Waals surface area contributed by atoms with Gasteiger partial charge in [0.1, 0.15) is 12.2 Å². The zero-order valence-electron chi connectivity index (χ0n) is 10.5. The maximum Gasteiger partial charge on any atom is 0.113 e. The Bertz CT molecular complexity index is 541. The Balaban J connectivity index is 1.48. The van der Waals surface area contributed by atoms with Gasteiger partial charge in [0.2, 0.25) is 0 Å². The van der Waals surface area contributed by atoms with Crippen LogP contribution >= 0.6 is 11.6 Å². The first-order valence-corrected chi connectivity index (χ1v) is 6.74. The highest BCUT2D eigenvalue weighted by Crippen LogP contribution is 2.41. The normalized spacial score (nSPS) is 21.3. The molecule has 0 radical (unpaired) electrons. The van der Waals surface area contributed by atoms with Crippen LogP contribution in [0.4, 0.5) is 0 Å². The molecule has 3 heteroatoms. The van der Waals surface area contributed by atoms with Crippen LogP contribution in [0, 0.1) is 0 Å². The van der Waals surface area contributed by atoms with Crippen molar-refractivity contribution in [3.63, 3.8) is 0 Å². The molecule has 2 nitrogen and oxygen atoms in total. The predicted octanol–water partition coefficient (Wildman–Crippen LogP) is 4.00. The highest BCUT2D eigenvalue weighted by molar-refractivity contribution is 6.31. The van der Waals surface area contributed by atoms with Gasteiger partial charge >= 0.3 is 0 Å². The van der Waals surface area contributed by atoms with Crippen LogP contribution < -0.4 is 0 Å². The van der Waals surface area contributed by atoms with E-state index in [1.165, 1.54) is 5.56 Å². The van der Waals surface area contributed by atoms with Crippen molar-refractivity contribution in [3.8, 4) is 0 Å². The maximum atomic E-state index is 6.13. The summed E-state index contributed by atoms with van der Waals surface area (Å²) in [5, 5.41) is 0.762. The van der Waals surface area contributed by atoms with Gasteiger partial charge in [-0.25, -0.2) is 0 Å². The number of rotatable bonds is 5. The Morgan fingerprint density at radius 1 is 1.00 bits per heavy atom. The quantitative estimate of drug-likeness (QED) is 0.769. The lowest BCUT2D eigenvalue weighted by Crippen LogP contribution is -2.02. The van der Waals surface area contributed by atoms with Gasteiger partial charge in [-0.3, -0.25) is 0 Å². The lowest BCUT2D eigenvalue weighted by molar-refractivity contribution is 0.104. The van der Waals surface area contributed by atoms with E-state index in [0.717, 1.165) is 10.6 Å². The Morgan fingerprint density at radius 3 is 2.53 bits per heavy atom. The van der Waals surface area contributed by atoms with E-state index in [1.807, 2.05) is 42.5 Å². The van der Waals surface area contributed by atoms with Gasteiger partial charge in [0.05, 0.1) is 13.2 Å². The summed E-state index contributed by atoms with van der Waals surface area (Å²) in [6.07, 6.45) is 0.216. The van der Waals surface area contributed by atoms with E-state index in [9.17, 15) is 0 Å². The molecule has 0 N–H and O–H groups in total. The van der Waals surface area contributed by atoms with Gasteiger partial charge < -0.3 is 9.47 Å². The fraction of sp³-hybridized carbons (Fsp3) is 0.250. The highest BCUT2D eigenvalue weighted by atomic mass is 35.5. The molecule has 2 atom stereocenters. The van der Waals surface area contributed by atoms with Crippen molar-refractivity contribution in [2.75, 3.05) is 6.61 Å². The predicted molar refractivity (Wildman–Crippen MR) is 75.2 cm³/mol. The first-order valence-electron chi connectivity index (χ1n) is 6.36. The van der Waals surface area contributed by atoms with Gasteiger partial charge in [-0.05, 0) is 11.6 Å². The van der Waals surface area contributed by atoms with Crippen LogP contribution in [0.3, 0.4) is 0 Å². The minimum absolute atomic E-state index is 0.0875. The molecule has 1 unspecified atom stereocenters. The van der Waals surface area contributed by atoms with Crippen molar-refractivity contribution in [2.45, 2.75) is 18.8 Å². The summed E-state index contributed by atoms with van der Waals surface area (Å²) < 4.78 is 11.3. The largest absolute Gasteiger partial charge is 0.374 e. The minimum atomic E-state index is 0.0875. The number of epoxide rings is 1. The van der Waals surface area contributed by atoms with Crippen LogP contribution in [0.2, 0.25) is 5.02 Å². The van der Waals surface area contributed by atoms with Crippen molar-refractivity contribution in [2.24, 2.45) is 0 Å². The van der Waals surface area contributed by atoms with E-state index in [4.69, 9.17) is 21.1 Å². The summed E-state index contributed by atoms with van der Waals surface area (Å²) in [5.74, 6) is 0. The van der Waals surface area contributed by atoms with Gasteiger partial charge in [-0.15, -0.1) is 0 Å². The summed E-state index contributed by atoms with van der Waals surface area (Å²) in [6, 6.07) is 17.9. The molecule has 1 fully saturated rings. The van der Waals surface area contributed by atoms with Gasteiger partial charge in [0, 0.05) is 10.6 Å². The van der Waals surface area contributed by atoms with Crippen LogP contribution in [0.5, 0.6) is 0 Å². The molecule has 3 rings (SSSR count). The molecule has 1 saturated heterocycles. The molecule has 0 saturated carbocycles. The Hall–Kier alpha value is -1.35. The molecule has 19 heavy (non-hydrogen) atoms. The number of halogens is 1. The number of hydrogen-bond acceptors (Lipinski definition) is 2. The standard InChI is InChI=1S/C16H15ClO2/c17-14-9-5-4-8-13(14)16-15(19-16)11-18-10-12-6-2-1-3-7-12/h1-9,15-16H,10-11H2/t15-,16?/m1/s1. The van der Waals surface area contributed by atoms with Crippen LogP contribution in [0.15, 0.2) is 54.6 Å². The van der Waals surface area contributed by atoms with Gasteiger partial charge in [-0.2, -0.15) is 0 Å². The summed E-state index contributed by atoms with van der Waals surface area (Å²) >= 11 is 6.13. The first-order chi connectivity index (χ1) is 9.34. The van der Waals surface area contributed by atoms with Gasteiger partial charge in [0.15, 0.2) is 0 Å². The lowest BCUT2D eigenvalue weighted by Gasteiger charge is -2.02. The van der Waals surface area contributed by atoms with E-state index < -0.39 is 0 Å². The van der Waals surface area contributed by atoms with E-state index in [-0.39, 0.29) is 12.2 Å². The third-order valence-corrected chi connectivity index (χ3v) is 3.53. The molecular formula is C16H15ClO2. The zero-order valence-corrected chi connectivity index (χ0v) is 11.2. The van der Waals surface area contributed by atoms with Crippen molar-refractivity contribution >= 4 is 11.6 Å². The second kappa shape index (κ2) is 5.74. The SMILES string of the molecule is Clc1ccccc1C1O[C@@H]1COCc1ccccc1. The molecule has 1 heterocycles. The molecule has 0 bridgehead atoms. The molecule has 1 aliphatic heterocycles. The molecule has 0 amide bonds. The van der Waals surface area contributed by atoms with E-state index >= 15 is 0 Å². The van der Waals surface area contributed by atoms with Crippen molar-refractivity contribution in [1.29, 1.82) is 0 Å². The second-order valence-corrected chi connectivity index (χ2v) is 5.02. The minimum Gasteiger partial charge on any atom is -0.374 e. The highest BCUT2D eigenvalue weighted by Gasteiger charge is 2.41. The Kier molecular flexibility index (Phi) is 3.83. The molecule has 2 aromatic carbocycles. The summed E-state index contributed by atoms with van der Waals surface area (Å²) in [5.41, 5.74) is 2.23. The molecule has 98 valence electrons. The second-order valence-electron chi connectivity index (χ2n) is 4.62. The monoisotopic (exact) mass is 274 g/mol. The third-order valence-electron chi connectivity index (χ3n) is 3.19. The molecular weight excluding hydrogens is 260 g/mol. The fourth-order valence-electron chi connectivity index (χ4n) is 2.12. The first kappa shape index (κ1) is 12.7. The van der Waals surface area contributed by atoms with Crippen molar-refractivity contribution in [3.05, 3.63) is 70.7 Å². The average molecular weight is 275 g/mol. The van der Waals surface area contributed by atoms with Crippen molar-refractivity contribution in [1.82, 2.24) is 0 Å². The third kappa shape index (κ3) is 3.16. The van der Waals surface area contributed by atoms with Crippen LogP contribution in [0.1, 0.15) is 17.2 Å². The van der Waals surface area contributed by atoms with Crippen LogP contribution in [-0.2, 0) is 16.1 Å². The molecule has 1 aliphatic rings. The molecule has 2 aromatic rings. The number of ether oxygens (including phenoxy) is 2. The summed E-state index contributed by atoms with van der Waals surface area (Å²) in [4.78, 5) is 0. The Labute approximate surface area is 117 Å². The fourth-order valence-corrected chi connectivity index (χ4v) is 2.36. The average Bonchev–Trinajstić information content (AvgIpc) is 3.20. The number of benzene rings is 2. The summed E-state index contributed by atoms with van der Waals surface area (Å²) in [7, 11) is 0. The van der Waals surface area contributed by atoms with Gasteiger partial charge in [-0.1, -0.05) is 60.1 Å². The Morgan fingerprint density at radius 2 is 1.74 bits per heavy atom. The number of hydrogen-bond donors (Lipinski definition) is 0. The lowest BCUT2D eigenvalue weighted by atomic mass is 10.1. The van der Waals surface area contributed by atoms with Gasteiger partial charge in [0.25, 0.3) is 0 Å². The van der Waals surface area contributed by atoms with Crippen molar-refractivity contribution < 1.29 is 9.47 Å². The van der Waals surface area contributed by atoms with E-state index in [1.54, 1.807) is 0 Å². The topological polar surface area (TPSA) is 21.8 Å². The van der Waals surface area contributed by atoms with Crippen LogP contribution in [0.25, 0.3) is 0 Å². The van der Waals surface area contributed by atoms with E-state index in [0.29, 0.717) is 13.2 Å². The van der Waals surface area contributed by atoms with Crippen LogP contribution in [-0.4, -0.2) is 12.7 Å². The summed E-state index contributed by atoms with van der Waals surface area (Å²) in [6.45, 7) is 1.22. The maximum absolute atomic E-state index is 6.13. The molecule has 0 aliphatic carbocycles. The molecule has 0 spiro atoms. The zero-order chi connectivity index (χ0) is 13.1.